The van der Waals surface area contributed by atoms with E-state index in [0.717, 1.165) is 5.40 Å². The first kappa shape index (κ1) is 6.84. The van der Waals surface area contributed by atoms with Crippen LogP contribution in [0.1, 0.15) is 0 Å². The molecule has 0 aromatic rings. The molecule has 1 N–H and O–H groups in total. The summed E-state index contributed by atoms with van der Waals surface area (Å²) in [4.78, 5) is 9.37. The van der Waals surface area contributed by atoms with E-state index in [2.05, 4.69) is 0 Å². The summed E-state index contributed by atoms with van der Waals surface area (Å²) in [7, 11) is -4.21. The zero-order chi connectivity index (χ0) is 6.78. The Balaban J connectivity index is 4.78. The summed E-state index contributed by atoms with van der Waals surface area (Å²) in [6.07, 6.45) is 0. The summed E-state index contributed by atoms with van der Waals surface area (Å²) in [6.45, 7) is 0. The quantitative estimate of drug-likeness (QED) is 0.302. The fourth-order valence-electron chi connectivity index (χ4n) is 0.0333. The van der Waals surface area contributed by atoms with Crippen LogP contribution in [0.2, 0.25) is 0 Å². The van der Waals surface area contributed by atoms with Crippen molar-refractivity contribution in [1.82, 2.24) is 0 Å². The van der Waals surface area contributed by atoms with E-state index in [1.807, 2.05) is 0 Å². The molecule has 0 radical (unpaired) electrons. The van der Waals surface area contributed by atoms with Gasteiger partial charge < -0.3 is 0 Å². The molecule has 0 bridgehead atoms. The van der Waals surface area contributed by atoms with E-state index >= 15 is 0 Å². The smallest absolute Gasteiger partial charge is 0.247 e. The van der Waals surface area contributed by atoms with Crippen LogP contribution in [0.25, 0.3) is 0 Å². The average Bonchev–Trinajstić information content (AvgIpc) is 1.67. The summed E-state index contributed by atoms with van der Waals surface area (Å²) >= 11 is 0. The van der Waals surface area contributed by atoms with Crippen molar-refractivity contribution in [2.75, 3.05) is 0 Å². The van der Waals surface area contributed by atoms with Crippen molar-refractivity contribution in [3.8, 4) is 5.40 Å². The molecule has 1 atom stereocenters. The minimum absolute atomic E-state index is 0.736. The highest BCUT2D eigenvalue weighted by Crippen LogP contribution is 1.85. The molecule has 0 spiro atoms. The molecule has 0 aromatic carbocycles. The molecule has 0 rings (SSSR count). The lowest BCUT2D eigenvalue weighted by molar-refractivity contribution is -0.298. The molecular formula is CHN3O3S. The molecule has 0 aliphatic heterocycles. The molecule has 0 fully saturated rings. The van der Waals surface area contributed by atoms with Gasteiger partial charge in [0, 0.05) is 0 Å². The van der Waals surface area contributed by atoms with Gasteiger partial charge in [-0.2, -0.15) is 14.3 Å². The van der Waals surface area contributed by atoms with E-state index in [-0.39, 0.29) is 0 Å². The number of rotatable bonds is 1. The molecule has 0 aliphatic rings. The number of nitro groups is 1. The minimum atomic E-state index is -4.21. The maximum atomic E-state index is 9.86. The zero-order valence-electron chi connectivity index (χ0n) is 3.53. The first-order valence-corrected chi connectivity index (χ1v) is 2.86. The highest BCUT2D eigenvalue weighted by atomic mass is 32.2. The monoisotopic (exact) mass is 135 g/mol. The minimum Gasteiger partial charge on any atom is -0.247 e. The number of hydrogen-bond acceptors (Lipinski definition) is 5. The third-order valence-electron chi connectivity index (χ3n) is 0.334. The number of hydrogen-bond donors (Lipinski definition) is 1. The summed E-state index contributed by atoms with van der Waals surface area (Å²) in [6, 6.07) is 0. The lowest BCUT2D eigenvalue weighted by atomic mass is 11.8. The Morgan fingerprint density at radius 1 is 1.88 bits per heavy atom. The van der Waals surface area contributed by atoms with Crippen LogP contribution in [0, 0.1) is 25.6 Å². The van der Waals surface area contributed by atoms with E-state index in [4.69, 9.17) is 10.0 Å². The van der Waals surface area contributed by atoms with Gasteiger partial charge in [-0.25, -0.2) is 10.1 Å². The second-order valence-corrected chi connectivity index (χ2v) is 2.37. The molecule has 0 saturated carbocycles. The van der Waals surface area contributed by atoms with Gasteiger partial charge in [-0.1, -0.05) is 0 Å². The van der Waals surface area contributed by atoms with Crippen LogP contribution in [0.4, 0.5) is 0 Å². The molecule has 0 aromatic heterocycles. The van der Waals surface area contributed by atoms with Gasteiger partial charge in [0.05, 0.1) is 0 Å². The molecule has 0 aliphatic carbocycles. The summed E-state index contributed by atoms with van der Waals surface area (Å²) in [5, 5.41) is 17.7. The standard InChI is InChI=1S/CHN3O3S/c2-1-8(3,7)4(5)6/h3H. The van der Waals surface area contributed by atoms with Crippen molar-refractivity contribution in [2.24, 2.45) is 0 Å². The Morgan fingerprint density at radius 3 is 2.25 bits per heavy atom. The Morgan fingerprint density at radius 2 is 2.25 bits per heavy atom. The second kappa shape index (κ2) is 1.75. The lowest BCUT2D eigenvalue weighted by Gasteiger charge is -1.79. The molecule has 1 unspecified atom stereocenters. The number of thiocyanates is 1. The maximum Gasteiger partial charge on any atom is 0.412 e. The number of nitrogens with one attached hydrogen (secondary N) is 1. The highest BCUT2D eigenvalue weighted by molar-refractivity contribution is 7.91. The Kier molecular flexibility index (Phi) is 1.50. The van der Waals surface area contributed by atoms with Crippen molar-refractivity contribution >= 4 is 9.92 Å². The van der Waals surface area contributed by atoms with Gasteiger partial charge in [-0.15, -0.1) is 0 Å². The molecule has 0 amide bonds. The number of nitriles is 1. The molecule has 7 heteroatoms. The summed E-state index contributed by atoms with van der Waals surface area (Å²) < 4.78 is 14.5. The maximum absolute atomic E-state index is 9.86. The fraction of sp³-hybridized carbons (Fsp3) is 0. The van der Waals surface area contributed by atoms with E-state index in [0.29, 0.717) is 0 Å². The Bertz CT molecular complexity index is 232. The molecular weight excluding hydrogens is 134 g/mol. The van der Waals surface area contributed by atoms with E-state index in [1.54, 1.807) is 0 Å². The van der Waals surface area contributed by atoms with Crippen LogP contribution in [0.15, 0.2) is 0 Å². The van der Waals surface area contributed by atoms with Gasteiger partial charge in [0.1, 0.15) is 4.33 Å². The van der Waals surface area contributed by atoms with Crippen molar-refractivity contribution in [3.05, 3.63) is 10.1 Å². The molecule has 8 heavy (non-hydrogen) atoms. The molecule has 0 heterocycles. The van der Waals surface area contributed by atoms with Crippen molar-refractivity contribution in [3.63, 3.8) is 0 Å². The number of nitrogens with zero attached hydrogens (tertiary/aromatic N) is 2. The normalized spacial score (nSPS) is 15.9. The fourth-order valence-corrected chi connectivity index (χ4v) is 0.100. The first-order valence-electron chi connectivity index (χ1n) is 1.35. The van der Waals surface area contributed by atoms with E-state index < -0.39 is 14.2 Å². The predicted molar refractivity (Wildman–Crippen MR) is 23.5 cm³/mol. The van der Waals surface area contributed by atoms with E-state index in [9.17, 15) is 14.3 Å². The summed E-state index contributed by atoms with van der Waals surface area (Å²) in [5.41, 5.74) is 0. The zero-order valence-corrected chi connectivity index (χ0v) is 4.34. The van der Waals surface area contributed by atoms with Crippen molar-refractivity contribution in [2.45, 2.75) is 0 Å². The lowest BCUT2D eigenvalue weighted by Crippen LogP contribution is -2.05. The van der Waals surface area contributed by atoms with Crippen molar-refractivity contribution in [1.29, 1.82) is 10.0 Å². The van der Waals surface area contributed by atoms with Crippen LogP contribution >= 0.6 is 0 Å². The van der Waals surface area contributed by atoms with Gasteiger partial charge in [-0.05, 0) is 0 Å². The first-order chi connectivity index (χ1) is 3.50. The molecule has 0 saturated heterocycles. The van der Waals surface area contributed by atoms with Crippen LogP contribution in [0.5, 0.6) is 0 Å². The Labute approximate surface area is 45.0 Å². The van der Waals surface area contributed by atoms with Gasteiger partial charge in [-0.3, -0.25) is 0 Å². The van der Waals surface area contributed by atoms with Gasteiger partial charge in [0.2, 0.25) is 5.40 Å². The SMILES string of the molecule is N#CS(=N)(=O)[N+](=O)[O-]. The van der Waals surface area contributed by atoms with Crippen LogP contribution in [0.3, 0.4) is 0 Å². The topological polar surface area (TPSA) is 108 Å². The van der Waals surface area contributed by atoms with Gasteiger partial charge >= 0.3 is 9.92 Å². The third kappa shape index (κ3) is 1.16. The highest BCUT2D eigenvalue weighted by Gasteiger charge is 2.15. The van der Waals surface area contributed by atoms with Crippen LogP contribution in [-0.4, -0.2) is 8.54 Å². The van der Waals surface area contributed by atoms with Gasteiger partial charge in [0.15, 0.2) is 0 Å². The molecule has 6 nitrogen and oxygen atoms in total. The van der Waals surface area contributed by atoms with E-state index in [1.165, 1.54) is 0 Å². The largest absolute Gasteiger partial charge is 0.412 e. The van der Waals surface area contributed by atoms with Crippen LogP contribution in [-0.2, 0) is 9.92 Å². The second-order valence-electron chi connectivity index (χ2n) is 0.841. The van der Waals surface area contributed by atoms with Crippen LogP contribution < -0.4 is 0 Å². The average molecular weight is 135 g/mol. The van der Waals surface area contributed by atoms with Gasteiger partial charge in [0.25, 0.3) is 0 Å². The molecule has 44 valence electrons. The predicted octanol–water partition coefficient (Wildman–Crippen LogP) is -0.294. The third-order valence-corrected chi connectivity index (χ3v) is 1.00. The summed E-state index contributed by atoms with van der Waals surface area (Å²) in [5.74, 6) is 0. The Hall–Kier alpha value is -1.16. The van der Waals surface area contributed by atoms with Crippen molar-refractivity contribution < 1.29 is 8.54 Å².